The average Bonchev–Trinajstić information content (AvgIpc) is 2.20. The largest absolute Gasteiger partial charge is 0.297 e. The fraction of sp³-hybridized carbons (Fsp3) is 0.417. The van der Waals surface area contributed by atoms with E-state index in [1.54, 1.807) is 18.2 Å². The van der Waals surface area contributed by atoms with Crippen LogP contribution >= 0.6 is 23.2 Å². The Bertz CT molecular complexity index is 413. The summed E-state index contributed by atoms with van der Waals surface area (Å²) >= 11 is 11.9. The van der Waals surface area contributed by atoms with Crippen LogP contribution in [-0.2, 0) is 0 Å². The first kappa shape index (κ1) is 13.5. The first-order valence-corrected chi connectivity index (χ1v) is 5.69. The maximum absolute atomic E-state index is 12.3. The van der Waals surface area contributed by atoms with Crippen LogP contribution in [0.4, 0.5) is 0 Å². The lowest BCUT2D eigenvalue weighted by molar-refractivity contribution is 0.0755. The number of carbonyl (C=O) groups excluding carboxylic acids is 1. The third kappa shape index (κ3) is 2.57. The van der Waals surface area contributed by atoms with Gasteiger partial charge in [-0.05, 0) is 46.1 Å². The fourth-order valence-electron chi connectivity index (χ4n) is 1.20. The molecule has 2 nitrogen and oxygen atoms in total. The zero-order chi connectivity index (χ0) is 12.5. The van der Waals surface area contributed by atoms with Crippen molar-refractivity contribution >= 4 is 29.0 Å². The highest BCUT2D eigenvalue weighted by atomic mass is 35.5. The van der Waals surface area contributed by atoms with Gasteiger partial charge in [-0.2, -0.15) is 0 Å². The summed E-state index contributed by atoms with van der Waals surface area (Å²) in [4.78, 5) is 14.1. The number of benzene rings is 1. The topological polar surface area (TPSA) is 20.3 Å². The molecule has 4 heteroatoms. The minimum Gasteiger partial charge on any atom is -0.297 e. The number of hydrogen-bond donors (Lipinski definition) is 0. The van der Waals surface area contributed by atoms with E-state index in [4.69, 9.17) is 23.2 Å². The van der Waals surface area contributed by atoms with Crippen molar-refractivity contribution in [1.82, 2.24) is 4.90 Å². The molecule has 88 valence electrons. The van der Waals surface area contributed by atoms with Gasteiger partial charge in [0.2, 0.25) is 0 Å². The molecule has 0 saturated carbocycles. The quantitative estimate of drug-likeness (QED) is 0.775. The molecule has 0 bridgehead atoms. The molecule has 0 aliphatic carbocycles. The first-order valence-electron chi connectivity index (χ1n) is 4.94. The number of likely N-dealkylation sites (N-methyl/N-ethyl adjacent to an activating group) is 1. The van der Waals surface area contributed by atoms with E-state index in [0.717, 1.165) is 0 Å². The van der Waals surface area contributed by atoms with Crippen molar-refractivity contribution < 1.29 is 4.79 Å². The molecule has 0 aliphatic heterocycles. The number of nitrogens with zero attached hydrogens (tertiary/aromatic N) is 1. The molecular weight excluding hydrogens is 245 g/mol. The monoisotopic (exact) mass is 259 g/mol. The Labute approximate surface area is 106 Å². The molecule has 0 heterocycles. The lowest BCUT2D eigenvalue weighted by Crippen LogP contribution is -2.45. The Morgan fingerprint density at radius 2 is 1.81 bits per heavy atom. The second kappa shape index (κ2) is 4.74. The molecule has 0 unspecified atom stereocenters. The van der Waals surface area contributed by atoms with Crippen LogP contribution in [0, 0.1) is 0 Å². The van der Waals surface area contributed by atoms with Crippen LogP contribution < -0.4 is 0 Å². The van der Waals surface area contributed by atoms with Gasteiger partial charge < -0.3 is 0 Å². The standard InChI is InChI=1S/C12H15Cl2NO/c1-12(2,15(3)4)11(16)9-7-8(13)5-6-10(9)14/h5-7H,1-4H3. The van der Waals surface area contributed by atoms with Crippen LogP contribution in [0.25, 0.3) is 0 Å². The Balaban J connectivity index is 3.19. The number of carbonyl (C=O) groups is 1. The Morgan fingerprint density at radius 3 is 2.31 bits per heavy atom. The van der Waals surface area contributed by atoms with Crippen molar-refractivity contribution in [2.24, 2.45) is 0 Å². The van der Waals surface area contributed by atoms with E-state index >= 15 is 0 Å². The Hall–Kier alpha value is -0.570. The summed E-state index contributed by atoms with van der Waals surface area (Å²) in [6.07, 6.45) is 0. The molecule has 16 heavy (non-hydrogen) atoms. The normalized spacial score (nSPS) is 11.9. The molecule has 1 rings (SSSR count). The Kier molecular flexibility index (Phi) is 4.00. The molecule has 0 atom stereocenters. The van der Waals surface area contributed by atoms with Crippen LogP contribution in [0.5, 0.6) is 0 Å². The maximum Gasteiger partial charge on any atom is 0.184 e. The lowest BCUT2D eigenvalue weighted by atomic mass is 9.92. The molecule has 0 spiro atoms. The lowest BCUT2D eigenvalue weighted by Gasteiger charge is -2.31. The molecule has 0 amide bonds. The van der Waals surface area contributed by atoms with Crippen LogP contribution in [0.15, 0.2) is 18.2 Å². The van der Waals surface area contributed by atoms with Gasteiger partial charge in [-0.15, -0.1) is 0 Å². The van der Waals surface area contributed by atoms with Crippen molar-refractivity contribution in [1.29, 1.82) is 0 Å². The SMILES string of the molecule is CN(C)C(C)(C)C(=O)c1cc(Cl)ccc1Cl. The highest BCUT2D eigenvalue weighted by Crippen LogP contribution is 2.26. The van der Waals surface area contributed by atoms with Crippen molar-refractivity contribution in [2.45, 2.75) is 19.4 Å². The van der Waals surface area contributed by atoms with Crippen molar-refractivity contribution in [2.75, 3.05) is 14.1 Å². The predicted molar refractivity (Wildman–Crippen MR) is 68.6 cm³/mol. The van der Waals surface area contributed by atoms with E-state index < -0.39 is 5.54 Å². The summed E-state index contributed by atoms with van der Waals surface area (Å²) in [5.41, 5.74) is -0.137. The second-order valence-corrected chi connectivity index (χ2v) is 5.25. The molecule has 0 radical (unpaired) electrons. The molecule has 0 fully saturated rings. The van der Waals surface area contributed by atoms with Gasteiger partial charge in [0.25, 0.3) is 0 Å². The van der Waals surface area contributed by atoms with E-state index in [1.165, 1.54) is 0 Å². The zero-order valence-electron chi connectivity index (χ0n) is 9.84. The second-order valence-electron chi connectivity index (χ2n) is 4.41. The molecule has 0 saturated heterocycles. The average molecular weight is 260 g/mol. The van der Waals surface area contributed by atoms with E-state index in [0.29, 0.717) is 15.6 Å². The fourth-order valence-corrected chi connectivity index (χ4v) is 1.58. The van der Waals surface area contributed by atoms with E-state index in [2.05, 4.69) is 0 Å². The highest BCUT2D eigenvalue weighted by Gasteiger charge is 2.32. The van der Waals surface area contributed by atoms with Gasteiger partial charge in [0, 0.05) is 10.6 Å². The summed E-state index contributed by atoms with van der Waals surface area (Å²) < 4.78 is 0. The molecular formula is C12H15Cl2NO. The highest BCUT2D eigenvalue weighted by molar-refractivity contribution is 6.36. The summed E-state index contributed by atoms with van der Waals surface area (Å²) in [7, 11) is 3.71. The van der Waals surface area contributed by atoms with Gasteiger partial charge in [0.05, 0.1) is 10.6 Å². The number of ketones is 1. The smallest absolute Gasteiger partial charge is 0.184 e. The molecule has 1 aromatic carbocycles. The summed E-state index contributed by atoms with van der Waals surface area (Å²) in [6.45, 7) is 3.71. The predicted octanol–water partition coefficient (Wildman–Crippen LogP) is 3.52. The number of rotatable bonds is 3. The van der Waals surface area contributed by atoms with Gasteiger partial charge in [-0.3, -0.25) is 9.69 Å². The molecule has 0 N–H and O–H groups in total. The van der Waals surface area contributed by atoms with Crippen LogP contribution in [-0.4, -0.2) is 30.3 Å². The van der Waals surface area contributed by atoms with Crippen molar-refractivity contribution in [3.05, 3.63) is 33.8 Å². The third-order valence-corrected chi connectivity index (χ3v) is 3.41. The van der Waals surface area contributed by atoms with Gasteiger partial charge in [0.15, 0.2) is 5.78 Å². The van der Waals surface area contributed by atoms with Gasteiger partial charge in [-0.1, -0.05) is 23.2 Å². The summed E-state index contributed by atoms with van der Waals surface area (Å²) in [6, 6.07) is 4.92. The number of halogens is 2. The number of hydrogen-bond acceptors (Lipinski definition) is 2. The molecule has 0 aliphatic rings. The van der Waals surface area contributed by atoms with Crippen LogP contribution in [0.1, 0.15) is 24.2 Å². The minimum absolute atomic E-state index is 0.0370. The summed E-state index contributed by atoms with van der Waals surface area (Å²) in [5, 5.41) is 0.951. The van der Waals surface area contributed by atoms with E-state index in [1.807, 2.05) is 32.8 Å². The van der Waals surface area contributed by atoms with Crippen LogP contribution in [0.3, 0.4) is 0 Å². The maximum atomic E-state index is 12.3. The van der Waals surface area contributed by atoms with Crippen molar-refractivity contribution in [3.8, 4) is 0 Å². The van der Waals surface area contributed by atoms with E-state index in [9.17, 15) is 4.79 Å². The van der Waals surface area contributed by atoms with Gasteiger partial charge in [-0.25, -0.2) is 0 Å². The number of Topliss-reactive ketones (excluding diaryl/α,β-unsaturated/α-hetero) is 1. The minimum atomic E-state index is -0.603. The zero-order valence-corrected chi connectivity index (χ0v) is 11.4. The summed E-state index contributed by atoms with van der Waals surface area (Å²) in [5.74, 6) is -0.0370. The van der Waals surface area contributed by atoms with Gasteiger partial charge in [0.1, 0.15) is 0 Å². The van der Waals surface area contributed by atoms with Crippen LogP contribution in [0.2, 0.25) is 10.0 Å². The van der Waals surface area contributed by atoms with E-state index in [-0.39, 0.29) is 5.78 Å². The molecule has 1 aromatic rings. The van der Waals surface area contributed by atoms with Crippen molar-refractivity contribution in [3.63, 3.8) is 0 Å². The first-order chi connectivity index (χ1) is 7.26. The third-order valence-electron chi connectivity index (χ3n) is 2.85. The van der Waals surface area contributed by atoms with Gasteiger partial charge >= 0.3 is 0 Å². The molecule has 0 aromatic heterocycles. The Morgan fingerprint density at radius 1 is 1.25 bits per heavy atom.